The molecule has 1 aliphatic heterocycles. The summed E-state index contributed by atoms with van der Waals surface area (Å²) in [5, 5.41) is 0. The van der Waals surface area contributed by atoms with Crippen LogP contribution in [0, 0.1) is 34.6 Å². The molecule has 1 aliphatic rings. The molecule has 1 heterocycles. The van der Waals surface area contributed by atoms with Gasteiger partial charge in [-0.1, -0.05) is 42.5 Å². The Kier molecular flexibility index (Phi) is 6.62. The van der Waals surface area contributed by atoms with Crippen molar-refractivity contribution >= 4 is 16.1 Å². The van der Waals surface area contributed by atoms with Gasteiger partial charge in [-0.15, -0.1) is 0 Å². The smallest absolute Gasteiger partial charge is 0.243 e. The molecule has 2 aromatic rings. The van der Waals surface area contributed by atoms with Crippen molar-refractivity contribution in [2.45, 2.75) is 39.5 Å². The topological polar surface area (TPSA) is 40.6 Å². The lowest BCUT2D eigenvalue weighted by atomic mass is 9.95. The van der Waals surface area contributed by atoms with Crippen LogP contribution in [0.1, 0.15) is 33.4 Å². The molecule has 2 aromatic carbocycles. The maximum absolute atomic E-state index is 13.4. The summed E-state index contributed by atoms with van der Waals surface area (Å²) in [6.07, 6.45) is 4.27. The second-order valence-corrected chi connectivity index (χ2v) is 9.85. The van der Waals surface area contributed by atoms with Gasteiger partial charge in [-0.2, -0.15) is 4.31 Å². The number of nitrogens with zero attached hydrogens (tertiary/aromatic N) is 2. The lowest BCUT2D eigenvalue weighted by molar-refractivity contribution is 0.204. The molecule has 1 fully saturated rings. The highest BCUT2D eigenvalue weighted by atomic mass is 32.2. The van der Waals surface area contributed by atoms with E-state index in [0.29, 0.717) is 18.0 Å². The lowest BCUT2D eigenvalue weighted by Gasteiger charge is -2.34. The van der Waals surface area contributed by atoms with E-state index in [-0.39, 0.29) is 0 Å². The van der Waals surface area contributed by atoms with E-state index in [9.17, 15) is 8.42 Å². The molecule has 0 saturated carbocycles. The maximum atomic E-state index is 13.4. The van der Waals surface area contributed by atoms with Crippen LogP contribution >= 0.6 is 0 Å². The van der Waals surface area contributed by atoms with E-state index < -0.39 is 10.0 Å². The predicted octanol–water partition coefficient (Wildman–Crippen LogP) is 4.25. The van der Waals surface area contributed by atoms with Crippen molar-refractivity contribution in [2.75, 3.05) is 32.7 Å². The number of benzene rings is 2. The average Bonchev–Trinajstić information content (AvgIpc) is 2.72. The highest BCUT2D eigenvalue weighted by Gasteiger charge is 2.32. The van der Waals surface area contributed by atoms with E-state index in [1.165, 1.54) is 11.1 Å². The van der Waals surface area contributed by atoms with Gasteiger partial charge in [0.1, 0.15) is 0 Å². The van der Waals surface area contributed by atoms with Crippen molar-refractivity contribution in [1.29, 1.82) is 0 Å². The van der Waals surface area contributed by atoms with Crippen molar-refractivity contribution in [1.82, 2.24) is 9.21 Å². The van der Waals surface area contributed by atoms with Crippen molar-refractivity contribution < 1.29 is 8.42 Å². The molecule has 0 amide bonds. The Morgan fingerprint density at radius 1 is 0.793 bits per heavy atom. The fourth-order valence-corrected chi connectivity index (χ4v) is 6.02. The van der Waals surface area contributed by atoms with Gasteiger partial charge < -0.3 is 0 Å². The van der Waals surface area contributed by atoms with Crippen LogP contribution in [0.4, 0.5) is 0 Å². The second-order valence-electron chi connectivity index (χ2n) is 7.97. The first-order valence-electron chi connectivity index (χ1n) is 10.2. The number of hydrogen-bond acceptors (Lipinski definition) is 3. The first-order valence-corrected chi connectivity index (χ1v) is 11.7. The van der Waals surface area contributed by atoms with Gasteiger partial charge in [-0.25, -0.2) is 8.42 Å². The van der Waals surface area contributed by atoms with Crippen molar-refractivity contribution in [3.05, 3.63) is 69.8 Å². The third kappa shape index (κ3) is 4.47. The normalized spacial score (nSPS) is 16.6. The fraction of sp³-hybridized carbons (Fsp3) is 0.417. The van der Waals surface area contributed by atoms with E-state index in [4.69, 9.17) is 0 Å². The molecule has 0 N–H and O–H groups in total. The molecule has 0 unspecified atom stereocenters. The SMILES string of the molecule is Cc1c(C)c(C)c(S(=O)(=O)N2CCN(C/C=C\c3ccccc3)CC2)c(C)c1C. The molecule has 3 rings (SSSR count). The van der Waals surface area contributed by atoms with Crippen LogP contribution in [0.25, 0.3) is 6.08 Å². The zero-order chi connectivity index (χ0) is 21.2. The molecule has 0 atom stereocenters. The Balaban J connectivity index is 1.70. The highest BCUT2D eigenvalue weighted by Crippen LogP contribution is 2.31. The van der Waals surface area contributed by atoms with Crippen LogP contribution in [0.2, 0.25) is 0 Å². The van der Waals surface area contributed by atoms with E-state index in [2.05, 4.69) is 36.1 Å². The molecule has 1 saturated heterocycles. The van der Waals surface area contributed by atoms with Gasteiger partial charge in [0.05, 0.1) is 4.90 Å². The quantitative estimate of drug-likeness (QED) is 0.737. The molecule has 0 aromatic heterocycles. The summed E-state index contributed by atoms with van der Waals surface area (Å²) in [5.41, 5.74) is 6.31. The molecule has 156 valence electrons. The first-order chi connectivity index (χ1) is 13.7. The summed E-state index contributed by atoms with van der Waals surface area (Å²) < 4.78 is 28.5. The minimum absolute atomic E-state index is 0.510. The zero-order valence-corrected chi connectivity index (χ0v) is 19.0. The summed E-state index contributed by atoms with van der Waals surface area (Å²) in [7, 11) is -3.48. The largest absolute Gasteiger partial charge is 0.297 e. The van der Waals surface area contributed by atoms with E-state index in [1.807, 2.05) is 45.9 Å². The van der Waals surface area contributed by atoms with Crippen LogP contribution in [0.15, 0.2) is 41.3 Å². The van der Waals surface area contributed by atoms with Gasteiger partial charge in [0.25, 0.3) is 0 Å². The summed E-state index contributed by atoms with van der Waals surface area (Å²) in [6.45, 7) is 13.4. The molecule has 0 bridgehead atoms. The third-order valence-electron chi connectivity index (χ3n) is 6.33. The molecule has 0 radical (unpaired) electrons. The van der Waals surface area contributed by atoms with Gasteiger partial charge in [-0.05, 0) is 68.0 Å². The number of sulfonamides is 1. The zero-order valence-electron chi connectivity index (χ0n) is 18.2. The molecule has 0 spiro atoms. The molecule has 5 heteroatoms. The van der Waals surface area contributed by atoms with E-state index in [0.717, 1.165) is 41.9 Å². The minimum Gasteiger partial charge on any atom is -0.297 e. The van der Waals surface area contributed by atoms with Gasteiger partial charge in [0.2, 0.25) is 10.0 Å². The predicted molar refractivity (Wildman–Crippen MR) is 121 cm³/mol. The van der Waals surface area contributed by atoms with Crippen LogP contribution in [0.5, 0.6) is 0 Å². The van der Waals surface area contributed by atoms with Gasteiger partial charge in [-0.3, -0.25) is 4.90 Å². The summed E-state index contributed by atoms with van der Waals surface area (Å²) in [4.78, 5) is 2.81. The molecule has 4 nitrogen and oxygen atoms in total. The van der Waals surface area contributed by atoms with Crippen LogP contribution < -0.4 is 0 Å². The van der Waals surface area contributed by atoms with Crippen LogP contribution in [0.3, 0.4) is 0 Å². The Bertz CT molecular complexity index is 974. The maximum Gasteiger partial charge on any atom is 0.243 e. The van der Waals surface area contributed by atoms with Crippen LogP contribution in [-0.4, -0.2) is 50.3 Å². The Morgan fingerprint density at radius 2 is 1.31 bits per heavy atom. The summed E-state index contributed by atoms with van der Waals surface area (Å²) in [5.74, 6) is 0. The monoisotopic (exact) mass is 412 g/mol. The first kappa shape index (κ1) is 21.8. The van der Waals surface area contributed by atoms with E-state index in [1.54, 1.807) is 4.31 Å². The molecular formula is C24H32N2O2S. The van der Waals surface area contributed by atoms with E-state index >= 15 is 0 Å². The Morgan fingerprint density at radius 3 is 1.86 bits per heavy atom. The lowest BCUT2D eigenvalue weighted by Crippen LogP contribution is -2.48. The summed E-state index contributed by atoms with van der Waals surface area (Å²) in [6, 6.07) is 10.2. The second kappa shape index (κ2) is 8.82. The number of rotatable bonds is 5. The van der Waals surface area contributed by atoms with Crippen LogP contribution in [-0.2, 0) is 10.0 Å². The molecular weight excluding hydrogens is 380 g/mol. The van der Waals surface area contributed by atoms with Gasteiger partial charge in [0, 0.05) is 32.7 Å². The molecule has 29 heavy (non-hydrogen) atoms. The van der Waals surface area contributed by atoms with Gasteiger partial charge >= 0.3 is 0 Å². The fourth-order valence-electron chi connectivity index (χ4n) is 4.04. The van der Waals surface area contributed by atoms with Gasteiger partial charge in [0.15, 0.2) is 0 Å². The number of hydrogen-bond donors (Lipinski definition) is 0. The Hall–Kier alpha value is -1.95. The highest BCUT2D eigenvalue weighted by molar-refractivity contribution is 7.89. The van der Waals surface area contributed by atoms with Crippen molar-refractivity contribution in [2.24, 2.45) is 0 Å². The average molecular weight is 413 g/mol. The minimum atomic E-state index is -3.48. The molecule has 0 aliphatic carbocycles. The number of piperazine rings is 1. The standard InChI is InChI=1S/C24H32N2O2S/c1-18-19(2)21(4)24(22(5)20(18)3)29(27,28)26-16-14-25(15-17-26)13-9-12-23-10-7-6-8-11-23/h6-12H,13-17H2,1-5H3/b12-9-. The Labute approximate surface area is 175 Å². The summed E-state index contributed by atoms with van der Waals surface area (Å²) >= 11 is 0. The van der Waals surface area contributed by atoms with Crippen molar-refractivity contribution in [3.8, 4) is 0 Å². The van der Waals surface area contributed by atoms with Crippen molar-refractivity contribution in [3.63, 3.8) is 0 Å². The third-order valence-corrected chi connectivity index (χ3v) is 8.51.